The molecular weight excluding hydrogens is 238 g/mol. The number of carboxylic acids is 2. The van der Waals surface area contributed by atoms with E-state index in [0.29, 0.717) is 19.4 Å². The summed E-state index contributed by atoms with van der Waals surface area (Å²) in [7, 11) is 0. The van der Waals surface area contributed by atoms with Crippen LogP contribution in [0.3, 0.4) is 0 Å². The van der Waals surface area contributed by atoms with Crippen LogP contribution in [0.4, 0.5) is 0 Å². The highest BCUT2D eigenvalue weighted by Gasteiger charge is 2.29. The van der Waals surface area contributed by atoms with Crippen LogP contribution >= 0.6 is 0 Å². The van der Waals surface area contributed by atoms with E-state index >= 15 is 0 Å². The van der Waals surface area contributed by atoms with Gasteiger partial charge in [0.05, 0.1) is 19.2 Å². The molecule has 0 spiro atoms. The first-order valence-corrected chi connectivity index (χ1v) is 6.32. The molecule has 2 N–H and O–H groups in total. The molecule has 2 unspecified atom stereocenters. The zero-order valence-corrected chi connectivity index (χ0v) is 10.7. The van der Waals surface area contributed by atoms with Gasteiger partial charge in [0.25, 0.3) is 0 Å². The third-order valence-corrected chi connectivity index (χ3v) is 3.14. The molecule has 1 aliphatic heterocycles. The van der Waals surface area contributed by atoms with Gasteiger partial charge in [-0.05, 0) is 19.3 Å². The van der Waals surface area contributed by atoms with Crippen LogP contribution in [0, 0.1) is 0 Å². The van der Waals surface area contributed by atoms with Gasteiger partial charge in [0.2, 0.25) is 0 Å². The van der Waals surface area contributed by atoms with E-state index in [2.05, 4.69) is 6.92 Å². The Balaban J connectivity index is 2.59. The topological polar surface area (TPSA) is 87.1 Å². The zero-order chi connectivity index (χ0) is 13.5. The number of ether oxygens (including phenoxy) is 1. The van der Waals surface area contributed by atoms with Gasteiger partial charge in [-0.3, -0.25) is 14.5 Å². The van der Waals surface area contributed by atoms with Crippen LogP contribution in [-0.4, -0.2) is 58.9 Å². The molecule has 6 nitrogen and oxygen atoms in total. The monoisotopic (exact) mass is 259 g/mol. The quantitative estimate of drug-likeness (QED) is 0.703. The fourth-order valence-electron chi connectivity index (χ4n) is 2.38. The summed E-state index contributed by atoms with van der Waals surface area (Å²) in [5, 5.41) is 17.7. The van der Waals surface area contributed by atoms with Crippen molar-refractivity contribution in [2.24, 2.45) is 0 Å². The third-order valence-electron chi connectivity index (χ3n) is 3.14. The van der Waals surface area contributed by atoms with Crippen molar-refractivity contribution in [3.63, 3.8) is 0 Å². The summed E-state index contributed by atoms with van der Waals surface area (Å²) in [5.74, 6) is -1.98. The maximum Gasteiger partial charge on any atom is 0.317 e. The predicted octanol–water partition coefficient (Wildman–Crippen LogP) is 0.805. The van der Waals surface area contributed by atoms with Crippen LogP contribution in [0.1, 0.15) is 32.6 Å². The third kappa shape index (κ3) is 5.01. The van der Waals surface area contributed by atoms with E-state index in [1.54, 1.807) is 0 Å². The van der Waals surface area contributed by atoms with Crippen LogP contribution in [0.15, 0.2) is 0 Å². The molecule has 0 aromatic rings. The van der Waals surface area contributed by atoms with Crippen LogP contribution < -0.4 is 0 Å². The van der Waals surface area contributed by atoms with Crippen LogP contribution in [-0.2, 0) is 14.3 Å². The van der Waals surface area contributed by atoms with E-state index in [1.807, 2.05) is 0 Å². The number of rotatable bonds is 7. The zero-order valence-electron chi connectivity index (χ0n) is 10.7. The van der Waals surface area contributed by atoms with E-state index in [9.17, 15) is 9.59 Å². The Bertz CT molecular complexity index is 276. The van der Waals surface area contributed by atoms with Gasteiger partial charge in [-0.1, -0.05) is 13.3 Å². The van der Waals surface area contributed by atoms with E-state index in [4.69, 9.17) is 14.9 Å². The normalized spacial score (nSPS) is 24.1. The summed E-state index contributed by atoms with van der Waals surface area (Å²) in [6.45, 7) is 2.19. The van der Waals surface area contributed by atoms with Crippen molar-refractivity contribution < 1.29 is 24.5 Å². The Kier molecular flexibility index (Phi) is 6.07. The SMILES string of the molecule is CCCC1CC(N(CC(=O)O)CC(=O)O)CCO1. The summed E-state index contributed by atoms with van der Waals surface area (Å²) >= 11 is 0. The highest BCUT2D eigenvalue weighted by molar-refractivity contribution is 5.72. The molecule has 1 aliphatic rings. The van der Waals surface area contributed by atoms with Crippen molar-refractivity contribution in [2.45, 2.75) is 44.8 Å². The molecule has 2 atom stereocenters. The predicted molar refractivity (Wildman–Crippen MR) is 64.5 cm³/mol. The molecule has 0 aliphatic carbocycles. The van der Waals surface area contributed by atoms with Gasteiger partial charge < -0.3 is 14.9 Å². The molecule has 1 rings (SSSR count). The molecule has 0 saturated carbocycles. The lowest BCUT2D eigenvalue weighted by Gasteiger charge is -2.36. The largest absolute Gasteiger partial charge is 0.480 e. The smallest absolute Gasteiger partial charge is 0.317 e. The van der Waals surface area contributed by atoms with Gasteiger partial charge in [0, 0.05) is 12.6 Å². The maximum absolute atomic E-state index is 10.8. The molecule has 6 heteroatoms. The Morgan fingerprint density at radius 3 is 2.39 bits per heavy atom. The van der Waals surface area contributed by atoms with Crippen LogP contribution in [0.25, 0.3) is 0 Å². The van der Waals surface area contributed by atoms with E-state index in [0.717, 1.165) is 12.8 Å². The van der Waals surface area contributed by atoms with Crippen LogP contribution in [0.2, 0.25) is 0 Å². The average Bonchev–Trinajstić information content (AvgIpc) is 2.28. The van der Waals surface area contributed by atoms with Gasteiger partial charge in [0.15, 0.2) is 0 Å². The minimum atomic E-state index is -0.991. The van der Waals surface area contributed by atoms with Crippen molar-refractivity contribution in [3.05, 3.63) is 0 Å². The highest BCUT2D eigenvalue weighted by Crippen LogP contribution is 2.22. The van der Waals surface area contributed by atoms with E-state index in [1.165, 1.54) is 4.90 Å². The fourth-order valence-corrected chi connectivity index (χ4v) is 2.38. The number of nitrogens with zero attached hydrogens (tertiary/aromatic N) is 1. The van der Waals surface area contributed by atoms with Crippen molar-refractivity contribution in [2.75, 3.05) is 19.7 Å². The maximum atomic E-state index is 10.8. The van der Waals surface area contributed by atoms with Gasteiger partial charge in [0.1, 0.15) is 0 Å². The van der Waals surface area contributed by atoms with Gasteiger partial charge in [-0.15, -0.1) is 0 Å². The van der Waals surface area contributed by atoms with Gasteiger partial charge in [-0.25, -0.2) is 0 Å². The first-order valence-electron chi connectivity index (χ1n) is 6.32. The number of hydrogen-bond acceptors (Lipinski definition) is 4. The number of aliphatic carboxylic acids is 2. The molecule has 0 amide bonds. The molecule has 18 heavy (non-hydrogen) atoms. The Morgan fingerprint density at radius 2 is 1.89 bits per heavy atom. The molecular formula is C12H21NO5. The molecule has 1 fully saturated rings. The molecule has 0 aromatic carbocycles. The lowest BCUT2D eigenvalue weighted by molar-refractivity contribution is -0.144. The standard InChI is InChI=1S/C12H21NO5/c1-2-3-10-6-9(4-5-18-10)13(7-11(14)15)8-12(16)17/h9-10H,2-8H2,1H3,(H,14,15)(H,16,17). The average molecular weight is 259 g/mol. The van der Waals surface area contributed by atoms with Crippen molar-refractivity contribution in [1.29, 1.82) is 0 Å². The second-order valence-electron chi connectivity index (χ2n) is 4.65. The molecule has 0 aromatic heterocycles. The van der Waals surface area contributed by atoms with Crippen molar-refractivity contribution >= 4 is 11.9 Å². The number of carbonyl (C=O) groups is 2. The van der Waals surface area contributed by atoms with Crippen LogP contribution in [0.5, 0.6) is 0 Å². The van der Waals surface area contributed by atoms with Crippen molar-refractivity contribution in [1.82, 2.24) is 4.90 Å². The lowest BCUT2D eigenvalue weighted by atomic mass is 9.98. The minimum absolute atomic E-state index is 0.0116. The molecule has 104 valence electrons. The molecule has 1 heterocycles. The molecule has 0 bridgehead atoms. The number of carboxylic acid groups (broad SMARTS) is 2. The summed E-state index contributed by atoms with van der Waals surface area (Å²) in [5.41, 5.74) is 0. The Labute approximate surface area is 107 Å². The first-order chi connectivity index (χ1) is 8.52. The Hall–Kier alpha value is -1.14. The van der Waals surface area contributed by atoms with Gasteiger partial charge >= 0.3 is 11.9 Å². The molecule has 1 saturated heterocycles. The van der Waals surface area contributed by atoms with Crippen molar-refractivity contribution in [3.8, 4) is 0 Å². The summed E-state index contributed by atoms with van der Waals surface area (Å²) in [6.07, 6.45) is 3.48. The lowest BCUT2D eigenvalue weighted by Crippen LogP contribution is -2.46. The second-order valence-corrected chi connectivity index (χ2v) is 4.65. The highest BCUT2D eigenvalue weighted by atomic mass is 16.5. The molecule has 0 radical (unpaired) electrons. The first kappa shape index (κ1) is 14.9. The summed E-state index contributed by atoms with van der Waals surface area (Å²) in [6, 6.07) is -0.0116. The summed E-state index contributed by atoms with van der Waals surface area (Å²) in [4.78, 5) is 23.1. The fraction of sp³-hybridized carbons (Fsp3) is 0.833. The Morgan fingerprint density at radius 1 is 1.28 bits per heavy atom. The van der Waals surface area contributed by atoms with Gasteiger partial charge in [-0.2, -0.15) is 0 Å². The minimum Gasteiger partial charge on any atom is -0.480 e. The number of hydrogen-bond donors (Lipinski definition) is 2. The second kappa shape index (κ2) is 7.33. The summed E-state index contributed by atoms with van der Waals surface area (Å²) < 4.78 is 5.59. The van der Waals surface area contributed by atoms with E-state index < -0.39 is 11.9 Å². The van der Waals surface area contributed by atoms with E-state index in [-0.39, 0.29) is 25.2 Å².